The highest BCUT2D eigenvalue weighted by Gasteiger charge is 2.50. The van der Waals surface area contributed by atoms with Crippen molar-refractivity contribution in [2.24, 2.45) is 0 Å². The summed E-state index contributed by atoms with van der Waals surface area (Å²) in [7, 11) is 3.55. The molecular formula is C18H22N3O3S+. The first kappa shape index (κ1) is 17.4. The number of carbonyl (C=O) groups excluding carboxylic acids is 2. The third-order valence-corrected chi connectivity index (χ3v) is 5.17. The summed E-state index contributed by atoms with van der Waals surface area (Å²) in [5.74, 6) is 0.412. The number of hydrogen-bond acceptors (Lipinski definition) is 4. The predicted octanol–water partition coefficient (Wildman–Crippen LogP) is 1.20. The molecule has 0 bridgehead atoms. The van der Waals surface area contributed by atoms with Gasteiger partial charge in [0.1, 0.15) is 17.8 Å². The molecule has 2 aromatic rings. The highest BCUT2D eigenvalue weighted by Crippen LogP contribution is 2.30. The first-order chi connectivity index (χ1) is 11.9. The summed E-state index contributed by atoms with van der Waals surface area (Å²) in [6.07, 6.45) is 0. The molecule has 0 saturated carbocycles. The van der Waals surface area contributed by atoms with Crippen LogP contribution in [-0.4, -0.2) is 37.7 Å². The molecule has 1 unspecified atom stereocenters. The number of methoxy groups -OCH3 is 1. The number of urea groups is 1. The molecule has 2 atom stereocenters. The quantitative estimate of drug-likeness (QED) is 0.761. The minimum absolute atomic E-state index is 0.240. The van der Waals surface area contributed by atoms with Gasteiger partial charge in [-0.1, -0.05) is 12.1 Å². The first-order valence-electron chi connectivity index (χ1n) is 8.05. The fourth-order valence-electron chi connectivity index (χ4n) is 3.04. The van der Waals surface area contributed by atoms with E-state index in [1.807, 2.05) is 30.6 Å². The van der Waals surface area contributed by atoms with Gasteiger partial charge >= 0.3 is 6.03 Å². The normalized spacial score (nSPS) is 21.3. The Morgan fingerprint density at radius 2 is 2.12 bits per heavy atom. The topological polar surface area (TPSA) is 63.1 Å². The van der Waals surface area contributed by atoms with E-state index in [0.717, 1.165) is 11.4 Å². The van der Waals surface area contributed by atoms with Gasteiger partial charge in [0, 0.05) is 5.56 Å². The molecule has 0 spiro atoms. The molecule has 1 aromatic heterocycles. The number of ether oxygens (including phenoxy) is 1. The zero-order valence-electron chi connectivity index (χ0n) is 14.5. The van der Waals surface area contributed by atoms with Crippen LogP contribution in [0.25, 0.3) is 0 Å². The maximum Gasteiger partial charge on any atom is 0.329 e. The molecule has 2 heterocycles. The minimum Gasteiger partial charge on any atom is -0.497 e. The van der Waals surface area contributed by atoms with Crippen LogP contribution in [0.5, 0.6) is 5.75 Å². The lowest BCUT2D eigenvalue weighted by molar-refractivity contribution is -0.901. The highest BCUT2D eigenvalue weighted by atomic mass is 32.1. The van der Waals surface area contributed by atoms with E-state index in [1.54, 1.807) is 31.4 Å². The van der Waals surface area contributed by atoms with Gasteiger partial charge in [-0.3, -0.25) is 4.79 Å². The summed E-state index contributed by atoms with van der Waals surface area (Å²) in [6.45, 7) is 2.81. The van der Waals surface area contributed by atoms with E-state index in [1.165, 1.54) is 10.5 Å². The lowest BCUT2D eigenvalue weighted by atomic mass is 9.92. The number of thiophene rings is 1. The number of imide groups is 1. The van der Waals surface area contributed by atoms with E-state index in [4.69, 9.17) is 4.74 Å². The van der Waals surface area contributed by atoms with Crippen molar-refractivity contribution in [3.05, 3.63) is 52.2 Å². The van der Waals surface area contributed by atoms with Crippen LogP contribution in [-0.2, 0) is 16.9 Å². The summed E-state index contributed by atoms with van der Waals surface area (Å²) in [6, 6.07) is 8.93. The molecule has 25 heavy (non-hydrogen) atoms. The predicted molar refractivity (Wildman–Crippen MR) is 95.5 cm³/mol. The third kappa shape index (κ3) is 3.38. The van der Waals surface area contributed by atoms with Gasteiger partial charge in [0.15, 0.2) is 6.67 Å². The lowest BCUT2D eigenvalue weighted by Crippen LogP contribution is -3.09. The van der Waals surface area contributed by atoms with Crippen LogP contribution >= 0.6 is 11.3 Å². The van der Waals surface area contributed by atoms with Crippen LogP contribution in [0.15, 0.2) is 41.1 Å². The van der Waals surface area contributed by atoms with Gasteiger partial charge in [-0.05, 0) is 41.4 Å². The summed E-state index contributed by atoms with van der Waals surface area (Å²) in [5.41, 5.74) is 0.835. The van der Waals surface area contributed by atoms with Crippen molar-refractivity contribution < 1.29 is 19.2 Å². The molecule has 3 rings (SSSR count). The average Bonchev–Trinajstić information content (AvgIpc) is 3.18. The summed E-state index contributed by atoms with van der Waals surface area (Å²) >= 11 is 1.64. The van der Waals surface area contributed by atoms with Crippen molar-refractivity contribution in [3.63, 3.8) is 0 Å². The van der Waals surface area contributed by atoms with Crippen molar-refractivity contribution >= 4 is 23.3 Å². The molecular weight excluding hydrogens is 338 g/mol. The number of rotatable bonds is 6. The molecule has 132 valence electrons. The summed E-state index contributed by atoms with van der Waals surface area (Å²) < 4.78 is 5.23. The van der Waals surface area contributed by atoms with Crippen LogP contribution in [0.2, 0.25) is 0 Å². The Hall–Kier alpha value is -2.38. The number of quaternary nitrogens is 1. The molecule has 1 aliphatic heterocycles. The van der Waals surface area contributed by atoms with Crippen LogP contribution in [0.3, 0.4) is 0 Å². The van der Waals surface area contributed by atoms with Crippen LogP contribution in [0.1, 0.15) is 18.1 Å². The van der Waals surface area contributed by atoms with E-state index >= 15 is 0 Å². The van der Waals surface area contributed by atoms with Gasteiger partial charge in [-0.25, -0.2) is 9.69 Å². The Balaban J connectivity index is 1.77. The fraction of sp³-hybridized carbons (Fsp3) is 0.333. The molecule has 1 saturated heterocycles. The molecule has 7 heteroatoms. The number of amides is 3. The number of carbonyl (C=O) groups is 2. The Labute approximate surface area is 151 Å². The monoisotopic (exact) mass is 360 g/mol. The van der Waals surface area contributed by atoms with Gasteiger partial charge in [0.05, 0.1) is 14.2 Å². The maximum absolute atomic E-state index is 13.0. The Morgan fingerprint density at radius 3 is 2.80 bits per heavy atom. The fourth-order valence-corrected chi connectivity index (χ4v) is 3.71. The van der Waals surface area contributed by atoms with Crippen molar-refractivity contribution in [1.82, 2.24) is 10.2 Å². The number of nitrogens with one attached hydrogen (secondary N) is 2. The minimum atomic E-state index is -1.08. The van der Waals surface area contributed by atoms with Gasteiger partial charge in [0.25, 0.3) is 5.91 Å². The molecule has 1 aliphatic rings. The smallest absolute Gasteiger partial charge is 0.329 e. The highest BCUT2D eigenvalue weighted by molar-refractivity contribution is 7.07. The second-order valence-electron chi connectivity index (χ2n) is 6.44. The maximum atomic E-state index is 13.0. The SMILES string of the molecule is COc1cccc([C@]2(C)NC(=O)N(C[NH+](C)Cc3ccsc3)C2=O)c1. The van der Waals surface area contributed by atoms with Gasteiger partial charge in [0.2, 0.25) is 0 Å². The van der Waals surface area contributed by atoms with E-state index in [2.05, 4.69) is 16.8 Å². The van der Waals surface area contributed by atoms with Gasteiger partial charge < -0.3 is 15.0 Å². The molecule has 6 nitrogen and oxygen atoms in total. The molecule has 3 amide bonds. The number of nitrogens with zero attached hydrogens (tertiary/aromatic N) is 1. The van der Waals surface area contributed by atoms with E-state index in [-0.39, 0.29) is 11.9 Å². The standard InChI is InChI=1S/C18H21N3O3S/c1-18(14-5-4-6-15(9-14)24-3)16(22)21(17(23)19-18)12-20(2)10-13-7-8-25-11-13/h4-9,11H,10,12H2,1-3H3,(H,19,23)/p+1/t18-/m0/s1. The average molecular weight is 360 g/mol. The zero-order chi connectivity index (χ0) is 18.0. The molecule has 2 N–H and O–H groups in total. The number of hydrogen-bond donors (Lipinski definition) is 2. The van der Waals surface area contributed by atoms with E-state index in [0.29, 0.717) is 18.0 Å². The van der Waals surface area contributed by atoms with Crippen LogP contribution in [0.4, 0.5) is 4.79 Å². The van der Waals surface area contributed by atoms with Crippen molar-refractivity contribution in [3.8, 4) is 5.75 Å². The number of benzene rings is 1. The van der Waals surface area contributed by atoms with Gasteiger partial charge in [-0.15, -0.1) is 0 Å². The molecule has 1 aromatic carbocycles. The molecule has 0 radical (unpaired) electrons. The zero-order valence-corrected chi connectivity index (χ0v) is 15.4. The second-order valence-corrected chi connectivity index (χ2v) is 7.22. The Bertz CT molecular complexity index is 778. The van der Waals surface area contributed by atoms with Crippen LogP contribution in [0, 0.1) is 0 Å². The first-order valence-corrected chi connectivity index (χ1v) is 8.99. The van der Waals surface area contributed by atoms with Crippen LogP contribution < -0.4 is 15.0 Å². The van der Waals surface area contributed by atoms with E-state index in [9.17, 15) is 9.59 Å². The van der Waals surface area contributed by atoms with Gasteiger partial charge in [-0.2, -0.15) is 11.3 Å². The van der Waals surface area contributed by atoms with E-state index < -0.39 is 5.54 Å². The molecule has 0 aliphatic carbocycles. The van der Waals surface area contributed by atoms with Crippen molar-refractivity contribution in [1.29, 1.82) is 0 Å². The third-order valence-electron chi connectivity index (χ3n) is 4.44. The lowest BCUT2D eigenvalue weighted by Gasteiger charge is -2.23. The second kappa shape index (κ2) is 6.85. The Kier molecular flexibility index (Phi) is 4.78. The van der Waals surface area contributed by atoms with Crippen molar-refractivity contribution in [2.75, 3.05) is 20.8 Å². The largest absolute Gasteiger partial charge is 0.497 e. The summed E-state index contributed by atoms with van der Waals surface area (Å²) in [4.78, 5) is 27.7. The Morgan fingerprint density at radius 1 is 1.32 bits per heavy atom. The molecule has 1 fully saturated rings. The summed E-state index contributed by atoms with van der Waals surface area (Å²) in [5, 5.41) is 6.94. The van der Waals surface area contributed by atoms with Crippen molar-refractivity contribution in [2.45, 2.75) is 19.0 Å².